The summed E-state index contributed by atoms with van der Waals surface area (Å²) in [4.78, 5) is 0. The van der Waals surface area contributed by atoms with Crippen LogP contribution in [0, 0.1) is 13.8 Å². The van der Waals surface area contributed by atoms with Gasteiger partial charge in [-0.15, -0.1) is 10.2 Å². The van der Waals surface area contributed by atoms with E-state index < -0.39 is 0 Å². The number of aryl methyl sites for hydroxylation is 3. The largest absolute Gasteiger partial charge is 0.382 e. The van der Waals surface area contributed by atoms with E-state index in [0.29, 0.717) is 23.9 Å². The number of anilines is 1. The van der Waals surface area contributed by atoms with Crippen LogP contribution in [0.25, 0.3) is 5.69 Å². The van der Waals surface area contributed by atoms with Gasteiger partial charge in [0.05, 0.1) is 21.5 Å². The molecule has 3 rings (SSSR count). The summed E-state index contributed by atoms with van der Waals surface area (Å²) < 4.78 is 4.26. The zero-order chi connectivity index (χ0) is 17.3. The first-order chi connectivity index (χ1) is 11.5. The van der Waals surface area contributed by atoms with Crippen LogP contribution in [0.1, 0.15) is 18.3 Å². The van der Waals surface area contributed by atoms with Crippen molar-refractivity contribution in [3.8, 4) is 5.69 Å². The Morgan fingerprint density at radius 1 is 1.08 bits per heavy atom. The highest BCUT2D eigenvalue weighted by atomic mass is 79.9. The molecule has 0 aliphatic carbocycles. The predicted octanol–water partition coefficient (Wildman–Crippen LogP) is 4.47. The average Bonchev–Trinajstić information content (AvgIpc) is 3.03. The molecule has 24 heavy (non-hydrogen) atoms. The number of hydrogen-bond donors (Lipinski definition) is 1. The van der Waals surface area contributed by atoms with Crippen molar-refractivity contribution in [3.63, 3.8) is 0 Å². The van der Waals surface area contributed by atoms with Gasteiger partial charge in [0.2, 0.25) is 0 Å². The van der Waals surface area contributed by atoms with E-state index in [0.717, 1.165) is 21.5 Å². The molecule has 0 aliphatic heterocycles. The van der Waals surface area contributed by atoms with Crippen LogP contribution in [-0.2, 0) is 6.54 Å². The standard InChI is InChI=1S/C16H18BrN7/c1-4-23-15(18)14(11(3)21-23)19-20-16-13(17)10(2)22-24(16)12-8-6-5-7-9-12/h5-9H,4,18H2,1-3H3. The summed E-state index contributed by atoms with van der Waals surface area (Å²) in [5.74, 6) is 1.12. The zero-order valence-corrected chi connectivity index (χ0v) is 15.3. The molecule has 0 atom stereocenters. The Morgan fingerprint density at radius 2 is 1.79 bits per heavy atom. The van der Waals surface area contributed by atoms with Gasteiger partial charge in [0.1, 0.15) is 5.82 Å². The van der Waals surface area contributed by atoms with Gasteiger partial charge in [0.25, 0.3) is 0 Å². The summed E-state index contributed by atoms with van der Waals surface area (Å²) in [6.45, 7) is 6.45. The van der Waals surface area contributed by atoms with Crippen molar-refractivity contribution in [1.29, 1.82) is 0 Å². The van der Waals surface area contributed by atoms with Gasteiger partial charge in [0, 0.05) is 6.54 Å². The topological polar surface area (TPSA) is 86.4 Å². The summed E-state index contributed by atoms with van der Waals surface area (Å²) in [7, 11) is 0. The minimum Gasteiger partial charge on any atom is -0.382 e. The Hall–Kier alpha value is -2.48. The summed E-state index contributed by atoms with van der Waals surface area (Å²) in [5.41, 5.74) is 9.16. The monoisotopic (exact) mass is 387 g/mol. The van der Waals surface area contributed by atoms with Gasteiger partial charge in [-0.1, -0.05) is 18.2 Å². The Labute approximate surface area is 148 Å². The number of benzene rings is 1. The Balaban J connectivity index is 2.06. The van der Waals surface area contributed by atoms with Crippen molar-refractivity contribution in [2.24, 2.45) is 10.2 Å². The maximum Gasteiger partial charge on any atom is 0.192 e. The van der Waals surface area contributed by atoms with Gasteiger partial charge in [-0.05, 0) is 48.8 Å². The minimum absolute atomic E-state index is 0.511. The zero-order valence-electron chi connectivity index (χ0n) is 13.7. The molecule has 1 aromatic carbocycles. The number of halogens is 1. The average molecular weight is 388 g/mol. The van der Waals surface area contributed by atoms with E-state index >= 15 is 0 Å². The normalized spacial score (nSPS) is 11.5. The van der Waals surface area contributed by atoms with Gasteiger partial charge in [-0.2, -0.15) is 10.2 Å². The molecular weight excluding hydrogens is 370 g/mol. The van der Waals surface area contributed by atoms with E-state index in [1.54, 1.807) is 9.36 Å². The minimum atomic E-state index is 0.511. The van der Waals surface area contributed by atoms with E-state index in [1.165, 1.54) is 0 Å². The third-order valence-corrected chi connectivity index (χ3v) is 4.57. The highest BCUT2D eigenvalue weighted by Gasteiger charge is 2.16. The third kappa shape index (κ3) is 2.84. The van der Waals surface area contributed by atoms with Gasteiger partial charge in [-0.3, -0.25) is 0 Å². The lowest BCUT2D eigenvalue weighted by molar-refractivity contribution is 0.663. The molecule has 0 aliphatic rings. The van der Waals surface area contributed by atoms with E-state index in [-0.39, 0.29) is 0 Å². The second-order valence-electron chi connectivity index (χ2n) is 5.31. The third-order valence-electron chi connectivity index (χ3n) is 3.64. The number of nitrogens with two attached hydrogens (primary N) is 1. The van der Waals surface area contributed by atoms with E-state index in [9.17, 15) is 0 Å². The number of hydrogen-bond acceptors (Lipinski definition) is 5. The van der Waals surface area contributed by atoms with Crippen molar-refractivity contribution in [2.75, 3.05) is 5.73 Å². The molecule has 0 fully saturated rings. The van der Waals surface area contributed by atoms with E-state index in [4.69, 9.17) is 5.73 Å². The predicted molar refractivity (Wildman–Crippen MR) is 97.2 cm³/mol. The molecule has 0 saturated carbocycles. The van der Waals surface area contributed by atoms with Crippen LogP contribution in [0.4, 0.5) is 17.3 Å². The maximum atomic E-state index is 6.08. The van der Waals surface area contributed by atoms with Crippen molar-refractivity contribution in [3.05, 3.63) is 46.2 Å². The molecule has 8 heteroatoms. The smallest absolute Gasteiger partial charge is 0.192 e. The van der Waals surface area contributed by atoms with Crippen molar-refractivity contribution < 1.29 is 0 Å². The first-order valence-corrected chi connectivity index (χ1v) is 8.37. The summed E-state index contributed by atoms with van der Waals surface area (Å²) in [5, 5.41) is 17.6. The van der Waals surface area contributed by atoms with Gasteiger partial charge >= 0.3 is 0 Å². The number of azo groups is 1. The maximum absolute atomic E-state index is 6.08. The lowest BCUT2D eigenvalue weighted by Gasteiger charge is -2.03. The first kappa shape index (κ1) is 16.4. The van der Waals surface area contributed by atoms with Gasteiger partial charge in [-0.25, -0.2) is 9.36 Å². The Morgan fingerprint density at radius 3 is 2.42 bits per heavy atom. The lowest BCUT2D eigenvalue weighted by Crippen LogP contribution is -2.01. The quantitative estimate of drug-likeness (QED) is 0.670. The molecular formula is C16H18BrN7. The van der Waals surface area contributed by atoms with Crippen molar-refractivity contribution in [1.82, 2.24) is 19.6 Å². The van der Waals surface area contributed by atoms with Gasteiger partial charge in [0.15, 0.2) is 11.5 Å². The number of nitrogen functional groups attached to an aromatic ring is 1. The summed E-state index contributed by atoms with van der Waals surface area (Å²) in [6.07, 6.45) is 0. The van der Waals surface area contributed by atoms with Crippen LogP contribution in [0.5, 0.6) is 0 Å². The fourth-order valence-electron chi connectivity index (χ4n) is 2.38. The number of nitrogens with zero attached hydrogens (tertiary/aromatic N) is 6. The second-order valence-corrected chi connectivity index (χ2v) is 6.10. The van der Waals surface area contributed by atoms with Crippen LogP contribution in [0.2, 0.25) is 0 Å². The Bertz CT molecular complexity index is 893. The van der Waals surface area contributed by atoms with Crippen molar-refractivity contribution >= 4 is 33.3 Å². The molecule has 2 aromatic heterocycles. The fraction of sp³-hybridized carbons (Fsp3) is 0.250. The summed E-state index contributed by atoms with van der Waals surface area (Å²) in [6, 6.07) is 9.79. The fourth-order valence-corrected chi connectivity index (χ4v) is 2.71. The molecule has 0 bridgehead atoms. The molecule has 7 nitrogen and oxygen atoms in total. The van der Waals surface area contributed by atoms with Crippen molar-refractivity contribution in [2.45, 2.75) is 27.3 Å². The number of para-hydroxylation sites is 1. The highest BCUT2D eigenvalue weighted by molar-refractivity contribution is 9.10. The van der Waals surface area contributed by atoms with Crippen LogP contribution in [0.3, 0.4) is 0 Å². The first-order valence-electron chi connectivity index (χ1n) is 7.58. The Kier molecular flexibility index (Phi) is 4.48. The van der Waals surface area contributed by atoms with Crippen LogP contribution >= 0.6 is 15.9 Å². The van der Waals surface area contributed by atoms with Gasteiger partial charge < -0.3 is 5.73 Å². The molecule has 0 saturated heterocycles. The van der Waals surface area contributed by atoms with Crippen LogP contribution < -0.4 is 5.73 Å². The lowest BCUT2D eigenvalue weighted by atomic mass is 10.3. The number of rotatable bonds is 4. The molecule has 0 radical (unpaired) electrons. The molecule has 2 N–H and O–H groups in total. The molecule has 2 heterocycles. The molecule has 0 unspecified atom stereocenters. The molecule has 124 valence electrons. The van der Waals surface area contributed by atoms with E-state index in [1.807, 2.05) is 51.1 Å². The molecule has 0 spiro atoms. The number of aromatic nitrogens is 4. The van der Waals surface area contributed by atoms with Crippen LogP contribution in [-0.4, -0.2) is 19.6 Å². The molecule has 0 amide bonds. The summed E-state index contributed by atoms with van der Waals surface area (Å²) >= 11 is 3.54. The van der Waals surface area contributed by atoms with Crippen LogP contribution in [0.15, 0.2) is 45.0 Å². The SMILES string of the molecule is CCn1nc(C)c(N=Nc2c(Br)c(C)nn2-c2ccccc2)c1N. The highest BCUT2D eigenvalue weighted by Crippen LogP contribution is 2.34. The second kappa shape index (κ2) is 6.56. The van der Waals surface area contributed by atoms with E-state index in [2.05, 4.69) is 36.4 Å². The molecule has 3 aromatic rings.